The lowest BCUT2D eigenvalue weighted by Gasteiger charge is -2.63. The zero-order chi connectivity index (χ0) is 29.2. The summed E-state index contributed by atoms with van der Waals surface area (Å²) >= 11 is 0. The first kappa shape index (κ1) is 28.6. The maximum atomic E-state index is 13.0. The Morgan fingerprint density at radius 2 is 1.78 bits per heavy atom. The Kier molecular flexibility index (Phi) is 6.25. The average Bonchev–Trinajstić information content (AvgIpc) is 3.56. The Bertz CT molecular complexity index is 1260. The summed E-state index contributed by atoms with van der Waals surface area (Å²) in [5.41, 5.74) is -4.78. The normalized spacial score (nSPS) is 48.7. The minimum Gasteiger partial charge on any atom is -0.381 e. The van der Waals surface area contributed by atoms with Crippen molar-refractivity contribution in [2.24, 2.45) is 46.3 Å². The van der Waals surface area contributed by atoms with Gasteiger partial charge in [-0.1, -0.05) is 39.3 Å². The third-order valence-electron chi connectivity index (χ3n) is 12.4. The van der Waals surface area contributed by atoms with E-state index in [0.717, 1.165) is 25.7 Å². The lowest BCUT2D eigenvalue weighted by atomic mass is 9.44. The largest absolute Gasteiger partial charge is 0.534 e. The fourth-order valence-electron chi connectivity index (χ4n) is 10.2. The van der Waals surface area contributed by atoms with Gasteiger partial charge in [0.25, 0.3) is 0 Å². The molecule has 3 aliphatic heterocycles. The first-order valence-electron chi connectivity index (χ1n) is 15.2. The molecule has 230 valence electrons. The van der Waals surface area contributed by atoms with E-state index >= 15 is 0 Å². The molecule has 0 aromatic rings. The van der Waals surface area contributed by atoms with Gasteiger partial charge in [0.15, 0.2) is 11.6 Å². The summed E-state index contributed by atoms with van der Waals surface area (Å²) in [6.07, 6.45) is 8.71. The molecule has 0 aromatic carbocycles. The Morgan fingerprint density at radius 1 is 1.05 bits per heavy atom. The zero-order valence-electron chi connectivity index (χ0n) is 24.2. The molecule has 41 heavy (non-hydrogen) atoms. The van der Waals surface area contributed by atoms with Gasteiger partial charge >= 0.3 is 15.6 Å². The van der Waals surface area contributed by atoms with Crippen LogP contribution in [0.1, 0.15) is 72.6 Å². The number of hydrogen-bond acceptors (Lipinski definition) is 7. The van der Waals surface area contributed by atoms with E-state index in [4.69, 9.17) is 18.9 Å². The number of halogens is 3. The van der Waals surface area contributed by atoms with Gasteiger partial charge in [-0.25, -0.2) is 0 Å². The van der Waals surface area contributed by atoms with Crippen molar-refractivity contribution in [3.63, 3.8) is 0 Å². The van der Waals surface area contributed by atoms with Crippen LogP contribution in [0.2, 0.25) is 0 Å². The van der Waals surface area contributed by atoms with Crippen molar-refractivity contribution >= 4 is 10.1 Å². The van der Waals surface area contributed by atoms with E-state index in [2.05, 4.69) is 38.0 Å². The molecule has 4 aliphatic carbocycles. The molecule has 0 unspecified atom stereocenters. The molecule has 7 aliphatic rings. The lowest BCUT2D eigenvalue weighted by Crippen LogP contribution is -2.63. The van der Waals surface area contributed by atoms with Crippen molar-refractivity contribution in [3.05, 3.63) is 23.5 Å². The monoisotopic (exact) mass is 602 g/mol. The molecule has 0 aromatic heterocycles. The zero-order valence-corrected chi connectivity index (χ0v) is 25.0. The Morgan fingerprint density at radius 3 is 2.44 bits per heavy atom. The molecule has 2 spiro atoms. The minimum atomic E-state index is -5.69. The van der Waals surface area contributed by atoms with E-state index in [0.29, 0.717) is 38.6 Å². The van der Waals surface area contributed by atoms with Crippen LogP contribution in [0.3, 0.4) is 0 Å². The summed E-state index contributed by atoms with van der Waals surface area (Å²) in [6.45, 7) is 10.7. The van der Waals surface area contributed by atoms with Crippen molar-refractivity contribution < 1.29 is 44.7 Å². The van der Waals surface area contributed by atoms with Crippen molar-refractivity contribution in [1.82, 2.24) is 0 Å². The smallest absolute Gasteiger partial charge is 0.381 e. The first-order chi connectivity index (χ1) is 19.2. The van der Waals surface area contributed by atoms with Gasteiger partial charge in [0.2, 0.25) is 0 Å². The summed E-state index contributed by atoms with van der Waals surface area (Å²) in [7, 11) is -5.69. The standard InChI is InChI=1S/C30H41F3O7S/c1-17-7-10-28(38-16-17)18(2)25-24(39-28)14-22-21-6-5-19-13-20(40-41(34,35)30(31,32)33)8-9-26(19,3)23(21)15-29(27(22,25)4)36-11-12-37-29/h8,14,17-19,21,23-25H,5-7,9-13,15-16H2,1-4H3/t17-,18-,19-,21-,23-,24-,25-,26-,27-,28+/m0/s1. The van der Waals surface area contributed by atoms with E-state index in [1.807, 2.05) is 0 Å². The van der Waals surface area contributed by atoms with E-state index in [9.17, 15) is 21.6 Å². The molecule has 0 bridgehead atoms. The number of hydrogen-bond donors (Lipinski definition) is 0. The third-order valence-corrected chi connectivity index (χ3v) is 13.4. The van der Waals surface area contributed by atoms with Gasteiger partial charge in [0, 0.05) is 36.5 Å². The lowest BCUT2D eigenvalue weighted by molar-refractivity contribution is -0.281. The Hall–Kier alpha value is -1.14. The van der Waals surface area contributed by atoms with Gasteiger partial charge in [0.1, 0.15) is 5.76 Å². The van der Waals surface area contributed by atoms with Crippen molar-refractivity contribution in [2.45, 2.75) is 95.8 Å². The number of ether oxygens (including phenoxy) is 4. The molecular weight excluding hydrogens is 561 g/mol. The summed E-state index contributed by atoms with van der Waals surface area (Å²) in [4.78, 5) is 0. The SMILES string of the molecule is C[C@H]1CC[C@@]2(OC1)O[C@H]1C=C3[C@@H]4CC[C@H]5CC(OS(=O)(=O)C(F)(F)F)=CC[C@]5(C)[C@H]4CC4(OCCO4)[C@]3(C)[C@H]1[C@@H]2C. The average molecular weight is 603 g/mol. The second-order valence-corrected chi connectivity index (χ2v) is 15.7. The van der Waals surface area contributed by atoms with Crippen LogP contribution in [0.25, 0.3) is 0 Å². The number of rotatable bonds is 2. The predicted octanol–water partition coefficient (Wildman–Crippen LogP) is 6.07. The highest BCUT2D eigenvalue weighted by molar-refractivity contribution is 7.87. The van der Waals surface area contributed by atoms with Gasteiger partial charge in [-0.05, 0) is 60.8 Å². The third kappa shape index (κ3) is 3.80. The second-order valence-electron chi connectivity index (χ2n) is 14.2. The van der Waals surface area contributed by atoms with E-state index in [-0.39, 0.29) is 53.3 Å². The fraction of sp³-hybridized carbons (Fsp3) is 0.867. The molecule has 3 heterocycles. The number of fused-ring (bicyclic) bond motifs is 8. The van der Waals surface area contributed by atoms with Crippen LogP contribution in [0.4, 0.5) is 13.2 Å². The van der Waals surface area contributed by atoms with Gasteiger partial charge in [-0.2, -0.15) is 21.6 Å². The van der Waals surface area contributed by atoms with E-state index < -0.39 is 32.6 Å². The van der Waals surface area contributed by atoms with Crippen molar-refractivity contribution in [3.8, 4) is 0 Å². The Labute approximate surface area is 240 Å². The van der Waals surface area contributed by atoms with E-state index in [1.54, 1.807) is 6.08 Å². The van der Waals surface area contributed by atoms with Crippen LogP contribution in [-0.4, -0.2) is 51.4 Å². The molecule has 3 saturated heterocycles. The van der Waals surface area contributed by atoms with Crippen molar-refractivity contribution in [1.29, 1.82) is 0 Å². The molecular formula is C30H41F3O7S. The molecule has 0 N–H and O–H groups in total. The predicted molar refractivity (Wildman–Crippen MR) is 141 cm³/mol. The molecule has 10 atom stereocenters. The summed E-state index contributed by atoms with van der Waals surface area (Å²) < 4.78 is 93.7. The van der Waals surface area contributed by atoms with E-state index in [1.165, 1.54) is 5.57 Å². The van der Waals surface area contributed by atoms with Crippen molar-refractivity contribution in [2.75, 3.05) is 19.8 Å². The molecule has 5 fully saturated rings. The molecule has 0 amide bonds. The van der Waals surface area contributed by atoms with Gasteiger partial charge < -0.3 is 23.1 Å². The molecule has 7 rings (SSSR count). The molecule has 7 nitrogen and oxygen atoms in total. The maximum Gasteiger partial charge on any atom is 0.534 e. The summed E-state index contributed by atoms with van der Waals surface area (Å²) in [6, 6.07) is 0. The molecule has 2 saturated carbocycles. The first-order valence-corrected chi connectivity index (χ1v) is 16.6. The minimum absolute atomic E-state index is 0.00688. The molecule has 11 heteroatoms. The summed E-state index contributed by atoms with van der Waals surface area (Å²) in [5, 5.41) is 0. The maximum absolute atomic E-state index is 13.0. The van der Waals surface area contributed by atoms with Crippen LogP contribution < -0.4 is 0 Å². The van der Waals surface area contributed by atoms with Crippen LogP contribution in [0.5, 0.6) is 0 Å². The number of alkyl halides is 3. The van der Waals surface area contributed by atoms with Crippen LogP contribution in [0.15, 0.2) is 23.5 Å². The molecule has 0 radical (unpaired) electrons. The topological polar surface area (TPSA) is 80.3 Å². The van der Waals surface area contributed by atoms with Gasteiger partial charge in [0.05, 0.1) is 25.9 Å². The van der Waals surface area contributed by atoms with Crippen LogP contribution in [0, 0.1) is 46.3 Å². The van der Waals surface area contributed by atoms with Gasteiger partial charge in [-0.3, -0.25) is 0 Å². The Balaban J connectivity index is 1.22. The fourth-order valence-corrected chi connectivity index (χ4v) is 10.7. The highest BCUT2D eigenvalue weighted by Gasteiger charge is 2.74. The highest BCUT2D eigenvalue weighted by atomic mass is 32.2. The van der Waals surface area contributed by atoms with Crippen LogP contribution >= 0.6 is 0 Å². The highest BCUT2D eigenvalue weighted by Crippen LogP contribution is 2.73. The van der Waals surface area contributed by atoms with Gasteiger partial charge in [-0.15, -0.1) is 0 Å². The number of allylic oxidation sites excluding steroid dienone is 2. The second kappa shape index (κ2) is 8.96. The summed E-state index contributed by atoms with van der Waals surface area (Å²) in [5.74, 6) is -0.284. The quantitative estimate of drug-likeness (QED) is 0.216. The van der Waals surface area contributed by atoms with Crippen LogP contribution in [-0.2, 0) is 33.2 Å².